The Morgan fingerprint density at radius 3 is 2.31 bits per heavy atom. The van der Waals surface area contributed by atoms with E-state index >= 15 is 0 Å². The molecule has 2 aromatic rings. The van der Waals surface area contributed by atoms with Crippen molar-refractivity contribution in [1.29, 1.82) is 0 Å². The topological polar surface area (TPSA) is 84.9 Å². The van der Waals surface area contributed by atoms with Gasteiger partial charge < -0.3 is 14.8 Å². The van der Waals surface area contributed by atoms with Crippen molar-refractivity contribution in [2.75, 3.05) is 33.6 Å². The fourth-order valence-electron chi connectivity index (χ4n) is 2.31. The number of carbonyl (C=O) groups excluding carboxylic acids is 1. The molecule has 0 fully saturated rings. The molecule has 2 rings (SSSR count). The van der Waals surface area contributed by atoms with Gasteiger partial charge in [0, 0.05) is 25.7 Å². The molecule has 1 amide bonds. The maximum Gasteiger partial charge on any atom is 0.255 e. The van der Waals surface area contributed by atoms with Gasteiger partial charge in [-0.2, -0.15) is 0 Å². The lowest BCUT2D eigenvalue weighted by Crippen LogP contribution is -2.23. The Bertz CT molecular complexity index is 923. The Balaban J connectivity index is 2.37. The van der Waals surface area contributed by atoms with Gasteiger partial charge in [0.2, 0.25) is 10.0 Å². The number of amides is 1. The van der Waals surface area contributed by atoms with Crippen LogP contribution < -0.4 is 14.8 Å². The number of benzene rings is 2. The molecule has 26 heavy (non-hydrogen) atoms. The Kier molecular flexibility index (Phi) is 5.89. The number of hydrogen-bond acceptors (Lipinski definition) is 5. The van der Waals surface area contributed by atoms with E-state index in [0.717, 1.165) is 4.31 Å². The van der Waals surface area contributed by atoms with E-state index < -0.39 is 15.9 Å². The first-order valence-corrected chi connectivity index (χ1v) is 9.21. The van der Waals surface area contributed by atoms with Crippen LogP contribution in [0.15, 0.2) is 41.3 Å². The van der Waals surface area contributed by atoms with E-state index in [1.54, 1.807) is 37.3 Å². The number of aryl methyl sites for hydroxylation is 1. The molecular weight excluding hydrogens is 356 g/mol. The zero-order valence-corrected chi connectivity index (χ0v) is 16.2. The van der Waals surface area contributed by atoms with Crippen molar-refractivity contribution in [3.05, 3.63) is 47.5 Å². The van der Waals surface area contributed by atoms with Gasteiger partial charge in [-0.1, -0.05) is 6.07 Å². The average Bonchev–Trinajstić information content (AvgIpc) is 2.61. The van der Waals surface area contributed by atoms with Crippen molar-refractivity contribution >= 4 is 21.6 Å². The Morgan fingerprint density at radius 1 is 1.04 bits per heavy atom. The molecule has 0 unspecified atom stereocenters. The molecule has 0 saturated heterocycles. The number of anilines is 1. The van der Waals surface area contributed by atoms with Crippen LogP contribution in [0.25, 0.3) is 0 Å². The summed E-state index contributed by atoms with van der Waals surface area (Å²) in [4.78, 5) is 12.7. The van der Waals surface area contributed by atoms with E-state index in [4.69, 9.17) is 9.47 Å². The molecule has 0 aliphatic rings. The van der Waals surface area contributed by atoms with Crippen LogP contribution in [-0.2, 0) is 10.0 Å². The molecule has 0 aliphatic heterocycles. The van der Waals surface area contributed by atoms with Crippen molar-refractivity contribution in [1.82, 2.24) is 4.31 Å². The number of rotatable bonds is 6. The van der Waals surface area contributed by atoms with E-state index in [-0.39, 0.29) is 10.5 Å². The van der Waals surface area contributed by atoms with Gasteiger partial charge in [-0.15, -0.1) is 0 Å². The van der Waals surface area contributed by atoms with Crippen LogP contribution in [0, 0.1) is 6.92 Å². The summed E-state index contributed by atoms with van der Waals surface area (Å²) in [5.41, 5.74) is 1.25. The second-order valence-corrected chi connectivity index (χ2v) is 7.91. The van der Waals surface area contributed by atoms with Gasteiger partial charge in [-0.25, -0.2) is 12.7 Å². The van der Waals surface area contributed by atoms with Gasteiger partial charge >= 0.3 is 0 Å². The quantitative estimate of drug-likeness (QED) is 0.835. The molecule has 0 aliphatic carbocycles. The molecule has 8 heteroatoms. The second kappa shape index (κ2) is 7.76. The van der Waals surface area contributed by atoms with Crippen LogP contribution in [-0.4, -0.2) is 46.9 Å². The zero-order chi connectivity index (χ0) is 19.5. The molecule has 0 bridgehead atoms. The summed E-state index contributed by atoms with van der Waals surface area (Å²) in [6.07, 6.45) is 0. The third kappa shape index (κ3) is 3.97. The molecule has 0 spiro atoms. The van der Waals surface area contributed by atoms with E-state index in [1.807, 2.05) is 0 Å². The number of methoxy groups -OCH3 is 2. The Hall–Kier alpha value is -2.58. The summed E-state index contributed by atoms with van der Waals surface area (Å²) in [6, 6.07) is 9.55. The van der Waals surface area contributed by atoms with E-state index in [0.29, 0.717) is 22.7 Å². The predicted molar refractivity (Wildman–Crippen MR) is 99.6 cm³/mol. The normalized spacial score (nSPS) is 11.3. The molecule has 0 saturated carbocycles. The minimum Gasteiger partial charge on any atom is -0.497 e. The number of sulfonamides is 1. The van der Waals surface area contributed by atoms with Crippen LogP contribution in [0.5, 0.6) is 11.5 Å². The van der Waals surface area contributed by atoms with Crippen LogP contribution in [0.3, 0.4) is 0 Å². The predicted octanol–water partition coefficient (Wildman–Crippen LogP) is 2.51. The minimum absolute atomic E-state index is 0.0943. The highest BCUT2D eigenvalue weighted by Gasteiger charge is 2.21. The third-order valence-corrected chi connectivity index (χ3v) is 5.82. The van der Waals surface area contributed by atoms with Gasteiger partial charge in [-0.3, -0.25) is 4.79 Å². The van der Waals surface area contributed by atoms with Gasteiger partial charge in [0.05, 0.1) is 24.8 Å². The SMILES string of the molecule is COc1ccc(NC(=O)c2ccc(C)c(S(=O)(=O)N(C)C)c2)c(OC)c1. The minimum atomic E-state index is -3.65. The summed E-state index contributed by atoms with van der Waals surface area (Å²) in [6.45, 7) is 1.69. The number of carbonyl (C=O) groups is 1. The lowest BCUT2D eigenvalue weighted by molar-refractivity contribution is 0.102. The standard InChI is InChI=1S/C18H22N2O5S/c1-12-6-7-13(10-17(12)26(22,23)20(2)3)18(21)19-15-9-8-14(24-4)11-16(15)25-5/h6-11H,1-5H3,(H,19,21). The lowest BCUT2D eigenvalue weighted by Gasteiger charge is -2.15. The smallest absolute Gasteiger partial charge is 0.255 e. The van der Waals surface area contributed by atoms with E-state index in [9.17, 15) is 13.2 Å². The molecule has 0 aromatic heterocycles. The van der Waals surface area contributed by atoms with Gasteiger partial charge in [-0.05, 0) is 36.8 Å². The number of nitrogens with zero attached hydrogens (tertiary/aromatic N) is 1. The summed E-state index contributed by atoms with van der Waals surface area (Å²) in [5.74, 6) is 0.587. The molecular formula is C18H22N2O5S. The third-order valence-electron chi connectivity index (χ3n) is 3.87. The van der Waals surface area contributed by atoms with Crippen molar-refractivity contribution < 1.29 is 22.7 Å². The lowest BCUT2D eigenvalue weighted by atomic mass is 10.1. The fraction of sp³-hybridized carbons (Fsp3) is 0.278. The first kappa shape index (κ1) is 19.7. The zero-order valence-electron chi connectivity index (χ0n) is 15.4. The fourth-order valence-corrected chi connectivity index (χ4v) is 3.46. The highest BCUT2D eigenvalue weighted by Crippen LogP contribution is 2.29. The van der Waals surface area contributed by atoms with Gasteiger partial charge in [0.15, 0.2) is 0 Å². The summed E-state index contributed by atoms with van der Waals surface area (Å²) < 4.78 is 36.3. The highest BCUT2D eigenvalue weighted by molar-refractivity contribution is 7.89. The number of ether oxygens (including phenoxy) is 2. The summed E-state index contributed by atoms with van der Waals surface area (Å²) >= 11 is 0. The first-order valence-electron chi connectivity index (χ1n) is 7.77. The molecule has 7 nitrogen and oxygen atoms in total. The van der Waals surface area contributed by atoms with Crippen molar-refractivity contribution in [3.63, 3.8) is 0 Å². The molecule has 0 atom stereocenters. The van der Waals surface area contributed by atoms with Gasteiger partial charge in [0.25, 0.3) is 5.91 Å². The highest BCUT2D eigenvalue weighted by atomic mass is 32.2. The first-order chi connectivity index (χ1) is 12.2. The molecule has 0 heterocycles. The summed E-state index contributed by atoms with van der Waals surface area (Å²) in [5, 5.41) is 2.73. The van der Waals surface area contributed by atoms with Crippen LogP contribution >= 0.6 is 0 Å². The maximum atomic E-state index is 12.6. The maximum absolute atomic E-state index is 12.6. The van der Waals surface area contributed by atoms with Crippen molar-refractivity contribution in [2.24, 2.45) is 0 Å². The van der Waals surface area contributed by atoms with Crippen LogP contribution in [0.1, 0.15) is 15.9 Å². The van der Waals surface area contributed by atoms with E-state index in [1.165, 1.54) is 34.4 Å². The second-order valence-electron chi connectivity index (χ2n) is 5.79. The Labute approximate surface area is 153 Å². The monoisotopic (exact) mass is 378 g/mol. The average molecular weight is 378 g/mol. The van der Waals surface area contributed by atoms with E-state index in [2.05, 4.69) is 5.32 Å². The van der Waals surface area contributed by atoms with Crippen molar-refractivity contribution in [3.8, 4) is 11.5 Å². The molecule has 2 aromatic carbocycles. The molecule has 1 N–H and O–H groups in total. The molecule has 140 valence electrons. The van der Waals surface area contributed by atoms with Gasteiger partial charge in [0.1, 0.15) is 11.5 Å². The largest absolute Gasteiger partial charge is 0.497 e. The summed E-state index contributed by atoms with van der Waals surface area (Å²) in [7, 11) is 2.27. The van der Waals surface area contributed by atoms with Crippen molar-refractivity contribution in [2.45, 2.75) is 11.8 Å². The number of nitrogens with one attached hydrogen (secondary N) is 1. The Morgan fingerprint density at radius 2 is 1.73 bits per heavy atom. The van der Waals surface area contributed by atoms with Crippen LogP contribution in [0.4, 0.5) is 5.69 Å². The molecule has 0 radical (unpaired) electrons. The number of hydrogen-bond donors (Lipinski definition) is 1. The van der Waals surface area contributed by atoms with Crippen LogP contribution in [0.2, 0.25) is 0 Å².